The number of ether oxygens (including phenoxy) is 3. The lowest BCUT2D eigenvalue weighted by molar-refractivity contribution is 0.355. The quantitative estimate of drug-likeness (QED) is 0.555. The van der Waals surface area contributed by atoms with Gasteiger partial charge in [0.1, 0.15) is 0 Å². The van der Waals surface area contributed by atoms with Crippen LogP contribution in [0, 0.1) is 0 Å². The number of phenols is 1. The first-order valence-electron chi connectivity index (χ1n) is 7.22. The minimum absolute atomic E-state index is 0.0580. The van der Waals surface area contributed by atoms with Crippen LogP contribution in [-0.4, -0.2) is 32.4 Å². The van der Waals surface area contributed by atoms with Gasteiger partial charge in [-0.25, -0.2) is 4.99 Å². The first kappa shape index (κ1) is 17.3. The smallest absolute Gasteiger partial charge is 0.193 e. The minimum Gasteiger partial charge on any atom is -0.504 e. The highest BCUT2D eigenvalue weighted by Gasteiger charge is 2.07. The molecule has 0 bridgehead atoms. The van der Waals surface area contributed by atoms with E-state index in [4.69, 9.17) is 19.9 Å². The van der Waals surface area contributed by atoms with Crippen molar-refractivity contribution in [2.45, 2.75) is 6.54 Å². The molecule has 2 aromatic rings. The molecule has 0 aromatic heterocycles. The van der Waals surface area contributed by atoms with Crippen LogP contribution in [0.5, 0.6) is 23.0 Å². The standard InChI is InChI=1S/C17H21N3O4/c1-22-13-8-7-12(9-15(13)24-3)20-17(18)19-10-11-5-4-6-14(23-2)16(11)21/h4-9,21H,10H2,1-3H3,(H3,18,19,20). The van der Waals surface area contributed by atoms with Crippen molar-refractivity contribution in [2.24, 2.45) is 10.7 Å². The van der Waals surface area contributed by atoms with Crippen LogP contribution >= 0.6 is 0 Å². The number of anilines is 1. The molecule has 0 fully saturated rings. The number of guanidine groups is 1. The summed E-state index contributed by atoms with van der Waals surface area (Å²) in [5.41, 5.74) is 7.22. The van der Waals surface area contributed by atoms with Gasteiger partial charge in [0, 0.05) is 17.3 Å². The lowest BCUT2D eigenvalue weighted by atomic mass is 10.2. The van der Waals surface area contributed by atoms with Gasteiger partial charge in [-0.05, 0) is 18.2 Å². The second-order valence-corrected chi connectivity index (χ2v) is 4.86. The third-order valence-electron chi connectivity index (χ3n) is 3.38. The molecule has 24 heavy (non-hydrogen) atoms. The number of nitrogens with two attached hydrogens (primary N) is 1. The minimum atomic E-state index is 0.0580. The summed E-state index contributed by atoms with van der Waals surface area (Å²) in [6, 6.07) is 10.5. The van der Waals surface area contributed by atoms with Crippen molar-refractivity contribution in [3.63, 3.8) is 0 Å². The van der Waals surface area contributed by atoms with Gasteiger partial charge in [-0.3, -0.25) is 0 Å². The number of hydrogen-bond donors (Lipinski definition) is 3. The number of phenolic OH excluding ortho intramolecular Hbond substituents is 1. The molecule has 0 aliphatic heterocycles. The third-order valence-corrected chi connectivity index (χ3v) is 3.38. The van der Waals surface area contributed by atoms with Crippen molar-refractivity contribution in [1.29, 1.82) is 0 Å². The zero-order valence-corrected chi connectivity index (χ0v) is 13.9. The molecular weight excluding hydrogens is 310 g/mol. The summed E-state index contributed by atoms with van der Waals surface area (Å²) in [6.45, 7) is 0.217. The number of aromatic hydroxyl groups is 1. The number of nitrogens with zero attached hydrogens (tertiary/aromatic N) is 1. The van der Waals surface area contributed by atoms with Crippen molar-refractivity contribution in [3.8, 4) is 23.0 Å². The normalized spacial score (nSPS) is 11.0. The van der Waals surface area contributed by atoms with Crippen LogP contribution in [0.4, 0.5) is 5.69 Å². The Kier molecular flexibility index (Phi) is 5.73. The average Bonchev–Trinajstić information content (AvgIpc) is 2.60. The first-order valence-corrected chi connectivity index (χ1v) is 7.22. The largest absolute Gasteiger partial charge is 0.504 e. The fourth-order valence-corrected chi connectivity index (χ4v) is 2.13. The van der Waals surface area contributed by atoms with Crippen LogP contribution in [0.2, 0.25) is 0 Å². The maximum absolute atomic E-state index is 10.0. The fourth-order valence-electron chi connectivity index (χ4n) is 2.13. The highest BCUT2D eigenvalue weighted by atomic mass is 16.5. The number of benzene rings is 2. The van der Waals surface area contributed by atoms with Gasteiger partial charge in [-0.1, -0.05) is 12.1 Å². The highest BCUT2D eigenvalue weighted by Crippen LogP contribution is 2.30. The van der Waals surface area contributed by atoms with Crippen LogP contribution in [0.1, 0.15) is 5.56 Å². The summed E-state index contributed by atoms with van der Waals surface area (Å²) in [5, 5.41) is 13.0. The number of methoxy groups -OCH3 is 3. The lowest BCUT2D eigenvalue weighted by Gasteiger charge is -2.11. The Labute approximate surface area is 140 Å². The van der Waals surface area contributed by atoms with Crippen molar-refractivity contribution >= 4 is 11.6 Å². The number of hydrogen-bond acceptors (Lipinski definition) is 5. The molecule has 0 aliphatic rings. The molecule has 128 valence electrons. The summed E-state index contributed by atoms with van der Waals surface area (Å²) >= 11 is 0. The van der Waals surface area contributed by atoms with Crippen LogP contribution in [0.15, 0.2) is 41.4 Å². The Morgan fingerprint density at radius 1 is 1.04 bits per heavy atom. The first-order chi connectivity index (χ1) is 11.6. The van der Waals surface area contributed by atoms with E-state index < -0.39 is 0 Å². The Bertz CT molecular complexity index is 732. The Hall–Kier alpha value is -3.09. The SMILES string of the molecule is COc1ccc(NC(N)=NCc2cccc(OC)c2O)cc1OC. The van der Waals surface area contributed by atoms with Crippen molar-refractivity contribution in [3.05, 3.63) is 42.0 Å². The molecule has 0 heterocycles. The van der Waals surface area contributed by atoms with Crippen LogP contribution in [-0.2, 0) is 6.54 Å². The molecule has 0 saturated heterocycles. The van der Waals surface area contributed by atoms with Gasteiger partial charge >= 0.3 is 0 Å². The van der Waals surface area contributed by atoms with E-state index in [9.17, 15) is 5.11 Å². The van der Waals surface area contributed by atoms with E-state index in [2.05, 4.69) is 10.3 Å². The summed E-state index contributed by atoms with van der Waals surface area (Å²) in [7, 11) is 4.63. The topological polar surface area (TPSA) is 98.3 Å². The number of para-hydroxylation sites is 1. The molecule has 2 aromatic carbocycles. The van der Waals surface area contributed by atoms with Gasteiger partial charge < -0.3 is 30.4 Å². The van der Waals surface area contributed by atoms with E-state index in [-0.39, 0.29) is 18.3 Å². The van der Waals surface area contributed by atoms with Crippen LogP contribution < -0.4 is 25.3 Å². The molecule has 0 unspecified atom stereocenters. The molecule has 0 spiro atoms. The summed E-state index contributed by atoms with van der Waals surface area (Å²) in [5.74, 6) is 1.88. The van der Waals surface area contributed by atoms with E-state index in [1.807, 2.05) is 0 Å². The molecule has 4 N–H and O–H groups in total. The molecule has 0 saturated carbocycles. The number of rotatable bonds is 6. The van der Waals surface area contributed by atoms with Gasteiger partial charge in [0.05, 0.1) is 27.9 Å². The Morgan fingerprint density at radius 3 is 2.42 bits per heavy atom. The second-order valence-electron chi connectivity index (χ2n) is 4.86. The second kappa shape index (κ2) is 7.96. The molecule has 2 rings (SSSR count). The van der Waals surface area contributed by atoms with E-state index >= 15 is 0 Å². The molecule has 0 amide bonds. The summed E-state index contributed by atoms with van der Waals surface area (Å²) < 4.78 is 15.5. The summed E-state index contributed by atoms with van der Waals surface area (Å²) in [4.78, 5) is 4.22. The van der Waals surface area contributed by atoms with Crippen molar-refractivity contribution < 1.29 is 19.3 Å². The zero-order chi connectivity index (χ0) is 17.5. The maximum Gasteiger partial charge on any atom is 0.193 e. The van der Waals surface area contributed by atoms with E-state index in [0.29, 0.717) is 28.5 Å². The van der Waals surface area contributed by atoms with E-state index in [0.717, 1.165) is 0 Å². The monoisotopic (exact) mass is 331 g/mol. The predicted molar refractivity (Wildman–Crippen MR) is 93.2 cm³/mol. The fraction of sp³-hybridized carbons (Fsp3) is 0.235. The highest BCUT2D eigenvalue weighted by molar-refractivity contribution is 5.92. The molecule has 0 aliphatic carbocycles. The number of aliphatic imine (C=N–C) groups is 1. The molecule has 7 nitrogen and oxygen atoms in total. The lowest BCUT2D eigenvalue weighted by Crippen LogP contribution is -2.22. The molecule has 0 radical (unpaired) electrons. The van der Waals surface area contributed by atoms with Gasteiger partial charge in [0.15, 0.2) is 29.0 Å². The van der Waals surface area contributed by atoms with Crippen LogP contribution in [0.25, 0.3) is 0 Å². The van der Waals surface area contributed by atoms with Gasteiger partial charge in [0.25, 0.3) is 0 Å². The Morgan fingerprint density at radius 2 is 1.75 bits per heavy atom. The predicted octanol–water partition coefficient (Wildman–Crippen LogP) is 2.34. The number of nitrogens with one attached hydrogen (secondary N) is 1. The molecular formula is C17H21N3O4. The maximum atomic E-state index is 10.0. The van der Waals surface area contributed by atoms with Gasteiger partial charge in [-0.15, -0.1) is 0 Å². The Balaban J connectivity index is 2.10. The van der Waals surface area contributed by atoms with Crippen molar-refractivity contribution in [2.75, 3.05) is 26.6 Å². The third kappa shape index (κ3) is 4.01. The average molecular weight is 331 g/mol. The zero-order valence-electron chi connectivity index (χ0n) is 13.9. The van der Waals surface area contributed by atoms with Crippen molar-refractivity contribution in [1.82, 2.24) is 0 Å². The van der Waals surface area contributed by atoms with E-state index in [1.54, 1.807) is 50.6 Å². The van der Waals surface area contributed by atoms with E-state index in [1.165, 1.54) is 7.11 Å². The molecule has 0 atom stereocenters. The van der Waals surface area contributed by atoms with Crippen LogP contribution in [0.3, 0.4) is 0 Å². The van der Waals surface area contributed by atoms with Gasteiger partial charge in [0.2, 0.25) is 0 Å². The summed E-state index contributed by atoms with van der Waals surface area (Å²) in [6.07, 6.45) is 0. The van der Waals surface area contributed by atoms with Gasteiger partial charge in [-0.2, -0.15) is 0 Å². The molecule has 7 heteroatoms.